The number of carbonyl (C=O) groups excluding carboxylic acids is 2. The summed E-state index contributed by atoms with van der Waals surface area (Å²) in [6.45, 7) is 3.32. The van der Waals surface area contributed by atoms with Crippen molar-refractivity contribution in [2.75, 3.05) is 31.0 Å². The van der Waals surface area contributed by atoms with Crippen LogP contribution in [0.25, 0.3) is 11.4 Å². The van der Waals surface area contributed by atoms with E-state index in [1.165, 1.54) is 7.05 Å². The molecule has 2 heterocycles. The quantitative estimate of drug-likeness (QED) is 0.447. The lowest BCUT2D eigenvalue weighted by atomic mass is 10.1. The Morgan fingerprint density at radius 2 is 1.91 bits per heavy atom. The summed E-state index contributed by atoms with van der Waals surface area (Å²) < 4.78 is 14.9. The number of aromatic nitrogens is 5. The van der Waals surface area contributed by atoms with Crippen LogP contribution in [-0.2, 0) is 16.4 Å². The molecule has 3 aromatic rings. The van der Waals surface area contributed by atoms with Crippen LogP contribution in [0.2, 0.25) is 0 Å². The van der Waals surface area contributed by atoms with Gasteiger partial charge in [-0.25, -0.2) is 4.98 Å². The molecule has 3 N–H and O–H groups in total. The Bertz CT molecular complexity index is 1280. The van der Waals surface area contributed by atoms with Crippen LogP contribution < -0.4 is 21.3 Å². The topological polar surface area (TPSA) is 144 Å². The minimum Gasteiger partial charge on any atom is -0.354 e. The fourth-order valence-electron chi connectivity index (χ4n) is 3.42. The van der Waals surface area contributed by atoms with Crippen LogP contribution in [0, 0.1) is 5.92 Å². The predicted octanol–water partition coefficient (Wildman–Crippen LogP) is 1.97. The largest absolute Gasteiger partial charge is 0.354 e. The van der Waals surface area contributed by atoms with Gasteiger partial charge in [-0.1, -0.05) is 12.1 Å². The van der Waals surface area contributed by atoms with E-state index in [1.54, 1.807) is 55.7 Å². The average Bonchev–Trinajstić information content (AvgIpc) is 3.53. The van der Waals surface area contributed by atoms with Crippen molar-refractivity contribution in [2.45, 2.75) is 12.8 Å². The van der Waals surface area contributed by atoms with E-state index < -0.39 is 13.0 Å². The number of benzene rings is 1. The van der Waals surface area contributed by atoms with Crippen LogP contribution in [0.3, 0.4) is 0 Å². The molecule has 1 aliphatic rings. The zero-order chi connectivity index (χ0) is 23.8. The molecular formula is C21H25N8O3P. The first-order valence-corrected chi connectivity index (χ1v) is 13.0. The lowest BCUT2D eigenvalue weighted by molar-refractivity contribution is -0.117. The summed E-state index contributed by atoms with van der Waals surface area (Å²) in [6.07, 6.45) is 3.27. The molecule has 0 bridgehead atoms. The Morgan fingerprint density at radius 1 is 1.15 bits per heavy atom. The number of hydrogen-bond donors (Lipinski definition) is 3. The van der Waals surface area contributed by atoms with Crippen molar-refractivity contribution >= 4 is 41.5 Å². The minimum atomic E-state index is -2.83. The highest BCUT2D eigenvalue weighted by molar-refractivity contribution is 7.70. The van der Waals surface area contributed by atoms with E-state index in [2.05, 4.69) is 36.2 Å². The summed E-state index contributed by atoms with van der Waals surface area (Å²) in [7, 11) is 0.414. The van der Waals surface area contributed by atoms with Crippen LogP contribution in [0.1, 0.15) is 23.3 Å². The number of aryl methyl sites for hydroxylation is 1. The molecule has 2 aromatic heterocycles. The summed E-state index contributed by atoms with van der Waals surface area (Å²) in [5.74, 6) is 0.0741. The first-order valence-electron chi connectivity index (χ1n) is 10.4. The van der Waals surface area contributed by atoms with Gasteiger partial charge in [0.25, 0.3) is 5.91 Å². The summed E-state index contributed by atoms with van der Waals surface area (Å²) in [5.41, 5.74) is 1.50. The third-order valence-electron chi connectivity index (χ3n) is 5.12. The van der Waals surface area contributed by atoms with Crippen LogP contribution in [-0.4, -0.2) is 57.2 Å². The van der Waals surface area contributed by atoms with Gasteiger partial charge in [0.2, 0.25) is 5.91 Å². The lowest BCUT2D eigenvalue weighted by Crippen LogP contribution is -2.23. The highest BCUT2D eigenvalue weighted by Crippen LogP contribution is 2.42. The van der Waals surface area contributed by atoms with E-state index in [0.29, 0.717) is 28.1 Å². The van der Waals surface area contributed by atoms with Crippen molar-refractivity contribution in [1.29, 1.82) is 0 Å². The molecule has 0 aliphatic heterocycles. The van der Waals surface area contributed by atoms with Gasteiger partial charge in [-0.05, 0) is 32.2 Å². The molecule has 0 atom stereocenters. The molecule has 4 rings (SSSR count). The zero-order valence-electron chi connectivity index (χ0n) is 18.8. The third kappa shape index (κ3) is 4.93. The molecule has 12 heteroatoms. The number of nitrogens with one attached hydrogen (secondary N) is 3. The van der Waals surface area contributed by atoms with Gasteiger partial charge in [0.05, 0.1) is 11.4 Å². The summed E-state index contributed by atoms with van der Waals surface area (Å²) in [5, 5.41) is 21.4. The Balaban J connectivity index is 1.79. The van der Waals surface area contributed by atoms with Gasteiger partial charge >= 0.3 is 0 Å². The van der Waals surface area contributed by atoms with Crippen LogP contribution >= 0.6 is 7.14 Å². The summed E-state index contributed by atoms with van der Waals surface area (Å²) in [6, 6.07) is 6.90. The van der Waals surface area contributed by atoms with Crippen molar-refractivity contribution in [3.8, 4) is 11.4 Å². The molecule has 0 unspecified atom stereocenters. The molecule has 1 fully saturated rings. The van der Waals surface area contributed by atoms with Crippen molar-refractivity contribution in [3.63, 3.8) is 0 Å². The van der Waals surface area contributed by atoms with Crippen LogP contribution in [0.5, 0.6) is 0 Å². The van der Waals surface area contributed by atoms with Crippen molar-refractivity contribution in [1.82, 2.24) is 30.3 Å². The molecule has 2 amide bonds. The van der Waals surface area contributed by atoms with E-state index >= 15 is 0 Å². The van der Waals surface area contributed by atoms with E-state index in [9.17, 15) is 14.2 Å². The fraction of sp³-hybridized carbons (Fsp3) is 0.333. The van der Waals surface area contributed by atoms with Crippen LogP contribution in [0.4, 0.5) is 17.2 Å². The Hall–Kier alpha value is -3.59. The van der Waals surface area contributed by atoms with Gasteiger partial charge in [-0.2, -0.15) is 5.10 Å². The van der Waals surface area contributed by atoms with Crippen molar-refractivity contribution in [3.05, 3.63) is 36.3 Å². The van der Waals surface area contributed by atoms with E-state index in [-0.39, 0.29) is 23.3 Å². The predicted molar refractivity (Wildman–Crippen MR) is 126 cm³/mol. The van der Waals surface area contributed by atoms with E-state index in [4.69, 9.17) is 0 Å². The van der Waals surface area contributed by atoms with E-state index in [0.717, 1.165) is 12.8 Å². The third-order valence-corrected chi connectivity index (χ3v) is 6.68. The number of rotatable bonds is 7. The molecule has 33 heavy (non-hydrogen) atoms. The fourth-order valence-corrected chi connectivity index (χ4v) is 4.89. The lowest BCUT2D eigenvalue weighted by Gasteiger charge is -2.19. The molecule has 172 valence electrons. The molecule has 0 saturated heterocycles. The second-order valence-corrected chi connectivity index (χ2v) is 11.4. The number of hydrogen-bond acceptors (Lipinski definition) is 8. The highest BCUT2D eigenvalue weighted by Gasteiger charge is 2.30. The summed E-state index contributed by atoms with van der Waals surface area (Å²) >= 11 is 0. The van der Waals surface area contributed by atoms with Gasteiger partial charge in [0.1, 0.15) is 13.5 Å². The maximum atomic E-state index is 13.3. The standard InChI is InChI=1S/C21H25N8O3P/c1-22-21(31)17-15(10-16(26-27-17)25-20(30)12-8-9-12)24-14-7-5-6-13(18(14)33(3,4)32)19-23-11-29(2)28-19/h5-7,10-12H,8-9H2,1-4H3,(H,22,31)(H2,24,25,26,30). The monoisotopic (exact) mass is 468 g/mol. The minimum absolute atomic E-state index is 0.0120. The number of nitrogens with zero attached hydrogens (tertiary/aromatic N) is 5. The molecule has 11 nitrogen and oxygen atoms in total. The smallest absolute Gasteiger partial charge is 0.273 e. The Labute approximate surface area is 190 Å². The molecule has 1 aromatic carbocycles. The SMILES string of the molecule is CNC(=O)c1nnc(NC(=O)C2CC2)cc1Nc1cccc(-c2ncn(C)n2)c1P(C)(C)=O. The second kappa shape index (κ2) is 8.74. The van der Waals surface area contributed by atoms with Gasteiger partial charge in [0, 0.05) is 36.9 Å². The van der Waals surface area contributed by atoms with Crippen molar-refractivity contribution < 1.29 is 14.2 Å². The van der Waals surface area contributed by atoms with E-state index in [1.807, 2.05) is 0 Å². The van der Waals surface area contributed by atoms with Crippen LogP contribution in [0.15, 0.2) is 30.6 Å². The number of anilines is 3. The first-order chi connectivity index (χ1) is 15.7. The average molecular weight is 468 g/mol. The highest BCUT2D eigenvalue weighted by atomic mass is 31.2. The first kappa shape index (κ1) is 22.6. The molecule has 1 aliphatic carbocycles. The molecule has 0 spiro atoms. The van der Waals surface area contributed by atoms with Crippen molar-refractivity contribution in [2.24, 2.45) is 13.0 Å². The maximum Gasteiger partial charge on any atom is 0.273 e. The van der Waals surface area contributed by atoms with Gasteiger partial charge in [0.15, 0.2) is 17.3 Å². The number of carbonyl (C=O) groups is 2. The van der Waals surface area contributed by atoms with Gasteiger partial charge < -0.3 is 20.5 Å². The van der Waals surface area contributed by atoms with Gasteiger partial charge in [-0.15, -0.1) is 10.2 Å². The maximum absolute atomic E-state index is 13.3. The zero-order valence-corrected chi connectivity index (χ0v) is 19.7. The Morgan fingerprint density at radius 3 is 2.52 bits per heavy atom. The summed E-state index contributed by atoms with van der Waals surface area (Å²) in [4.78, 5) is 28.9. The van der Waals surface area contributed by atoms with Gasteiger partial charge in [-0.3, -0.25) is 14.3 Å². The normalized spacial score (nSPS) is 13.5. The molecular weight excluding hydrogens is 443 g/mol. The number of amides is 2. The second-order valence-electron chi connectivity index (χ2n) is 8.25. The molecule has 0 radical (unpaired) electrons. The molecule has 1 saturated carbocycles. The Kier molecular flexibility index (Phi) is 5.99.